The number of nitrogen functional groups attached to an aromatic ring is 1. The van der Waals surface area contributed by atoms with Crippen LogP contribution in [0.1, 0.15) is 11.4 Å². The zero-order chi connectivity index (χ0) is 10.8. The van der Waals surface area contributed by atoms with E-state index in [2.05, 4.69) is 10.1 Å². The zero-order valence-corrected chi connectivity index (χ0v) is 8.31. The summed E-state index contributed by atoms with van der Waals surface area (Å²) in [6, 6.07) is 6.27. The summed E-state index contributed by atoms with van der Waals surface area (Å²) in [6.45, 7) is 2.38. The topological polar surface area (TPSA) is 56.7 Å². The fourth-order valence-electron chi connectivity index (χ4n) is 1.35. The molecule has 0 saturated heterocycles. The molecule has 4 nitrogen and oxygen atoms in total. The predicted octanol–water partition coefficient (Wildman–Crippen LogP) is 1.36. The highest BCUT2D eigenvalue weighted by atomic mass is 19.1. The number of rotatable bonds is 2. The lowest BCUT2D eigenvalue weighted by Crippen LogP contribution is -2.04. The van der Waals surface area contributed by atoms with Crippen LogP contribution in [-0.2, 0) is 6.54 Å². The summed E-state index contributed by atoms with van der Waals surface area (Å²) in [5.41, 5.74) is 6.42. The largest absolute Gasteiger partial charge is 0.366 e. The minimum Gasteiger partial charge on any atom is -0.366 e. The Bertz CT molecular complexity index is 461. The summed E-state index contributed by atoms with van der Waals surface area (Å²) in [6.07, 6.45) is 0. The van der Waals surface area contributed by atoms with Crippen molar-refractivity contribution in [3.8, 4) is 0 Å². The molecule has 0 aliphatic heterocycles. The molecule has 0 spiro atoms. The average molecular weight is 206 g/mol. The van der Waals surface area contributed by atoms with Gasteiger partial charge in [0.1, 0.15) is 11.6 Å². The number of nitrogens with two attached hydrogens (primary N) is 1. The van der Waals surface area contributed by atoms with Crippen LogP contribution in [0.2, 0.25) is 0 Å². The number of halogens is 1. The van der Waals surface area contributed by atoms with Crippen molar-refractivity contribution < 1.29 is 4.39 Å². The molecule has 15 heavy (non-hydrogen) atoms. The summed E-state index contributed by atoms with van der Waals surface area (Å²) in [7, 11) is 0. The van der Waals surface area contributed by atoms with Crippen molar-refractivity contribution in [3.05, 3.63) is 41.5 Å². The Hall–Kier alpha value is -1.91. The molecule has 0 aliphatic carbocycles. The Morgan fingerprint density at radius 3 is 2.53 bits per heavy atom. The number of hydrogen-bond acceptors (Lipinski definition) is 3. The van der Waals surface area contributed by atoms with E-state index in [-0.39, 0.29) is 11.8 Å². The van der Waals surface area contributed by atoms with Gasteiger partial charge in [-0.15, -0.1) is 5.10 Å². The van der Waals surface area contributed by atoms with Crippen molar-refractivity contribution in [1.82, 2.24) is 14.8 Å². The van der Waals surface area contributed by atoms with Gasteiger partial charge in [0.25, 0.3) is 0 Å². The molecule has 1 aromatic carbocycles. The minimum absolute atomic E-state index is 0.242. The van der Waals surface area contributed by atoms with Gasteiger partial charge in [-0.1, -0.05) is 12.1 Å². The number of aromatic nitrogens is 3. The summed E-state index contributed by atoms with van der Waals surface area (Å²) in [5, 5.41) is 4.02. The van der Waals surface area contributed by atoms with Crippen LogP contribution < -0.4 is 5.73 Å². The van der Waals surface area contributed by atoms with Gasteiger partial charge in [0.2, 0.25) is 5.95 Å². The van der Waals surface area contributed by atoms with E-state index in [0.717, 1.165) is 11.4 Å². The fraction of sp³-hybridized carbons (Fsp3) is 0.200. The highest BCUT2D eigenvalue weighted by molar-refractivity contribution is 5.18. The highest BCUT2D eigenvalue weighted by Gasteiger charge is 2.03. The second-order valence-corrected chi connectivity index (χ2v) is 3.30. The first kappa shape index (κ1) is 9.64. The standard InChI is InChI=1S/C10H11FN4/c1-7-13-10(12)14-15(7)6-8-2-4-9(11)5-3-8/h2-5H,6H2,1H3,(H2,12,14). The maximum absolute atomic E-state index is 12.7. The molecule has 5 heteroatoms. The molecule has 0 atom stereocenters. The van der Waals surface area contributed by atoms with Crippen molar-refractivity contribution in [3.63, 3.8) is 0 Å². The molecule has 1 heterocycles. The third kappa shape index (κ3) is 2.12. The van der Waals surface area contributed by atoms with E-state index in [1.165, 1.54) is 12.1 Å². The van der Waals surface area contributed by atoms with Crippen LogP contribution in [0.5, 0.6) is 0 Å². The van der Waals surface area contributed by atoms with Gasteiger partial charge in [-0.2, -0.15) is 4.98 Å². The lowest BCUT2D eigenvalue weighted by molar-refractivity contribution is 0.623. The second-order valence-electron chi connectivity index (χ2n) is 3.30. The van der Waals surface area contributed by atoms with E-state index in [0.29, 0.717) is 6.54 Å². The number of nitrogens with zero attached hydrogens (tertiary/aromatic N) is 3. The Balaban J connectivity index is 2.21. The van der Waals surface area contributed by atoms with E-state index in [1.807, 2.05) is 6.92 Å². The first-order valence-electron chi connectivity index (χ1n) is 4.56. The molecule has 0 radical (unpaired) electrons. The van der Waals surface area contributed by atoms with Crippen molar-refractivity contribution in [1.29, 1.82) is 0 Å². The van der Waals surface area contributed by atoms with Crippen LogP contribution >= 0.6 is 0 Å². The quantitative estimate of drug-likeness (QED) is 0.807. The van der Waals surface area contributed by atoms with Crippen LogP contribution in [-0.4, -0.2) is 14.8 Å². The molecule has 0 unspecified atom stereocenters. The average Bonchev–Trinajstić information content (AvgIpc) is 2.49. The first-order valence-corrected chi connectivity index (χ1v) is 4.56. The van der Waals surface area contributed by atoms with Gasteiger partial charge in [-0.3, -0.25) is 0 Å². The third-order valence-corrected chi connectivity index (χ3v) is 2.12. The molecule has 0 fully saturated rings. The molecule has 0 bridgehead atoms. The van der Waals surface area contributed by atoms with Crippen molar-refractivity contribution in [2.75, 3.05) is 5.73 Å². The molecular formula is C10H11FN4. The fourth-order valence-corrected chi connectivity index (χ4v) is 1.35. The van der Waals surface area contributed by atoms with E-state index < -0.39 is 0 Å². The molecule has 0 amide bonds. The molecular weight excluding hydrogens is 195 g/mol. The Morgan fingerprint density at radius 2 is 2.00 bits per heavy atom. The van der Waals surface area contributed by atoms with E-state index in [9.17, 15) is 4.39 Å². The van der Waals surface area contributed by atoms with Crippen LogP contribution in [0.3, 0.4) is 0 Å². The molecule has 2 rings (SSSR count). The molecule has 2 N–H and O–H groups in total. The van der Waals surface area contributed by atoms with Crippen LogP contribution in [0.4, 0.5) is 10.3 Å². The molecule has 0 aliphatic rings. The summed E-state index contributed by atoms with van der Waals surface area (Å²) in [5.74, 6) is 0.764. The Morgan fingerprint density at radius 1 is 1.33 bits per heavy atom. The van der Waals surface area contributed by atoms with Gasteiger partial charge in [0.05, 0.1) is 6.54 Å². The van der Waals surface area contributed by atoms with Crippen molar-refractivity contribution >= 4 is 5.95 Å². The third-order valence-electron chi connectivity index (χ3n) is 2.12. The van der Waals surface area contributed by atoms with E-state index in [1.54, 1.807) is 16.8 Å². The number of hydrogen-bond donors (Lipinski definition) is 1. The van der Waals surface area contributed by atoms with Crippen molar-refractivity contribution in [2.45, 2.75) is 13.5 Å². The zero-order valence-electron chi connectivity index (χ0n) is 8.31. The van der Waals surface area contributed by atoms with Gasteiger partial charge in [-0.05, 0) is 24.6 Å². The Labute approximate surface area is 86.6 Å². The first-order chi connectivity index (χ1) is 7.15. The molecule has 2 aromatic rings. The molecule has 1 aromatic heterocycles. The van der Waals surface area contributed by atoms with Crippen molar-refractivity contribution in [2.24, 2.45) is 0 Å². The van der Waals surface area contributed by atoms with Gasteiger partial charge in [-0.25, -0.2) is 9.07 Å². The lowest BCUT2D eigenvalue weighted by atomic mass is 10.2. The highest BCUT2D eigenvalue weighted by Crippen LogP contribution is 2.06. The van der Waals surface area contributed by atoms with Gasteiger partial charge < -0.3 is 5.73 Å². The SMILES string of the molecule is Cc1nc(N)nn1Cc1ccc(F)cc1. The normalized spacial score (nSPS) is 10.5. The predicted molar refractivity (Wildman–Crippen MR) is 54.7 cm³/mol. The number of anilines is 1. The van der Waals surface area contributed by atoms with E-state index >= 15 is 0 Å². The summed E-state index contributed by atoms with van der Waals surface area (Å²) < 4.78 is 14.3. The van der Waals surface area contributed by atoms with E-state index in [4.69, 9.17) is 5.73 Å². The number of aryl methyl sites for hydroxylation is 1. The maximum Gasteiger partial charge on any atom is 0.239 e. The van der Waals surface area contributed by atoms with Gasteiger partial charge >= 0.3 is 0 Å². The lowest BCUT2D eigenvalue weighted by Gasteiger charge is -2.02. The summed E-state index contributed by atoms with van der Waals surface area (Å²) in [4.78, 5) is 3.98. The van der Waals surface area contributed by atoms with Gasteiger partial charge in [0.15, 0.2) is 0 Å². The van der Waals surface area contributed by atoms with Crippen LogP contribution in [0.15, 0.2) is 24.3 Å². The second kappa shape index (κ2) is 3.68. The van der Waals surface area contributed by atoms with Gasteiger partial charge in [0, 0.05) is 0 Å². The molecule has 0 saturated carbocycles. The summed E-state index contributed by atoms with van der Waals surface area (Å²) >= 11 is 0. The Kier molecular flexibility index (Phi) is 2.37. The monoisotopic (exact) mass is 206 g/mol. The smallest absolute Gasteiger partial charge is 0.239 e. The number of benzene rings is 1. The molecule has 78 valence electrons. The maximum atomic E-state index is 12.7. The minimum atomic E-state index is -0.242. The van der Waals surface area contributed by atoms with Crippen LogP contribution in [0, 0.1) is 12.7 Å². The van der Waals surface area contributed by atoms with Crippen LogP contribution in [0.25, 0.3) is 0 Å².